The van der Waals surface area contributed by atoms with E-state index in [-0.39, 0.29) is 6.67 Å². The van der Waals surface area contributed by atoms with Gasteiger partial charge in [-0.25, -0.2) is 9.98 Å². The molecule has 0 amide bonds. The normalized spacial score (nSPS) is 37.8. The van der Waals surface area contributed by atoms with Gasteiger partial charge >= 0.3 is 0 Å². The first-order valence-corrected chi connectivity index (χ1v) is 8.29. The minimum Gasteiger partial charge on any atom is -0.394 e. The summed E-state index contributed by atoms with van der Waals surface area (Å²) in [5.74, 6) is 0.403. The number of amidine groups is 1. The zero-order valence-electron chi connectivity index (χ0n) is 14.9. The summed E-state index contributed by atoms with van der Waals surface area (Å²) in [6.07, 6.45) is -3.18. The van der Waals surface area contributed by atoms with Crippen molar-refractivity contribution >= 4 is 17.9 Å². The number of nitrogens with two attached hydrogens (primary N) is 1. The summed E-state index contributed by atoms with van der Waals surface area (Å²) in [6, 6.07) is 9.64. The van der Waals surface area contributed by atoms with E-state index in [4.69, 9.17) is 11.8 Å². The van der Waals surface area contributed by atoms with Crippen LogP contribution in [0.5, 0.6) is 0 Å². The highest BCUT2D eigenvalue weighted by Gasteiger charge is 2.50. The van der Waals surface area contributed by atoms with E-state index in [1.165, 1.54) is 6.34 Å². The molecule has 0 spiro atoms. The van der Waals surface area contributed by atoms with Gasteiger partial charge in [-0.3, -0.25) is 4.99 Å². The fraction of sp³-hybridized carbons (Fsp3) is 0.471. The fourth-order valence-corrected chi connectivity index (χ4v) is 3.44. The van der Waals surface area contributed by atoms with Crippen LogP contribution in [0.4, 0.5) is 0 Å². The van der Waals surface area contributed by atoms with Gasteiger partial charge in [0.2, 0.25) is 0 Å². The minimum atomic E-state index is -1.68. The highest BCUT2D eigenvalue weighted by atomic mass is 16.6. The summed E-state index contributed by atoms with van der Waals surface area (Å²) in [5.41, 5.74) is 6.87. The molecule has 1 saturated heterocycles. The molecule has 2 unspecified atom stereocenters. The molecule has 1 fully saturated rings. The molecule has 6 atom stereocenters. The van der Waals surface area contributed by atoms with Crippen molar-refractivity contribution in [3.8, 4) is 0 Å². The average molecular weight is 360 g/mol. The number of ether oxygens (including phenoxy) is 1. The maximum Gasteiger partial charge on any atom is 0.162 e. The van der Waals surface area contributed by atoms with E-state index < -0.39 is 36.8 Å². The molecule has 138 valence electrons. The number of aliphatic imine (C=N–C) groups is 3. The largest absolute Gasteiger partial charge is 0.394 e. The molecule has 0 radical (unpaired) electrons. The Kier molecular flexibility index (Phi) is 4.03. The minimum absolute atomic E-state index is 0.112. The monoisotopic (exact) mass is 360 g/mol. The maximum absolute atomic E-state index is 10.3. The summed E-state index contributed by atoms with van der Waals surface area (Å²) in [7, 11) is 0. The first-order valence-electron chi connectivity index (χ1n) is 8.86. The van der Waals surface area contributed by atoms with Crippen molar-refractivity contribution < 1.29 is 21.4 Å². The Morgan fingerprint density at radius 3 is 2.77 bits per heavy atom. The molecule has 3 aliphatic heterocycles. The molecule has 0 bridgehead atoms. The van der Waals surface area contributed by atoms with Crippen molar-refractivity contribution in [2.24, 2.45) is 20.7 Å². The van der Waals surface area contributed by atoms with E-state index in [9.17, 15) is 15.3 Å². The molecule has 5 N–H and O–H groups in total. The summed E-state index contributed by atoms with van der Waals surface area (Å²) < 4.78 is 12.9. The molecular formula is C17H21N5O4. The van der Waals surface area contributed by atoms with Crippen LogP contribution in [0.1, 0.15) is 6.93 Å². The lowest BCUT2D eigenvalue weighted by atomic mass is 9.94. The second kappa shape index (κ2) is 6.53. The van der Waals surface area contributed by atoms with Gasteiger partial charge in [-0.05, 0) is 5.56 Å². The lowest BCUT2D eigenvalue weighted by molar-refractivity contribution is -0.0688. The standard InChI is InChI=1S/C17H21N5O4/c18-17(6-10-4-2-1-3-5-10)14-15(19-8-21-17)22(9-20-14)16-13(25)12(24)11(7-23)26-16/h1-5,8,11-13,16,23-25H,6-7,9,18H2/t11-,12-,13-,16-,17?/m1/s1/i7D/t7?,11-,12-,13-,16-,17?. The van der Waals surface area contributed by atoms with Crippen molar-refractivity contribution in [3.05, 3.63) is 35.9 Å². The lowest BCUT2D eigenvalue weighted by Crippen LogP contribution is -2.56. The molecule has 4 rings (SSSR count). The van der Waals surface area contributed by atoms with E-state index in [1.807, 2.05) is 30.3 Å². The molecule has 9 nitrogen and oxygen atoms in total. The Labute approximate surface area is 151 Å². The molecule has 26 heavy (non-hydrogen) atoms. The van der Waals surface area contributed by atoms with Crippen LogP contribution in [0.15, 0.2) is 45.3 Å². The molecule has 3 aliphatic rings. The molecule has 1 aromatic carbocycles. The summed E-state index contributed by atoms with van der Waals surface area (Å²) >= 11 is 0. The highest BCUT2D eigenvalue weighted by Crippen LogP contribution is 2.29. The first kappa shape index (κ1) is 16.0. The smallest absolute Gasteiger partial charge is 0.162 e. The van der Waals surface area contributed by atoms with Crippen LogP contribution >= 0.6 is 0 Å². The van der Waals surface area contributed by atoms with Crippen molar-refractivity contribution in [2.45, 2.75) is 36.6 Å². The van der Waals surface area contributed by atoms with Gasteiger partial charge in [0.25, 0.3) is 0 Å². The number of hydrogen-bond donors (Lipinski definition) is 4. The van der Waals surface area contributed by atoms with Gasteiger partial charge in [-0.2, -0.15) is 0 Å². The third-order valence-electron chi connectivity index (χ3n) is 4.79. The predicted octanol–water partition coefficient (Wildman–Crippen LogP) is -1.52. The SMILES string of the molecule is [2H]C(O)[C@H]1O[C@@H](N2CN=C3C2=NC=NC3(N)Cc2ccccc2)[C@H](O)[C@@H]1O. The van der Waals surface area contributed by atoms with E-state index >= 15 is 0 Å². The lowest BCUT2D eigenvalue weighted by Gasteiger charge is -2.32. The summed E-state index contributed by atoms with van der Waals surface area (Å²) in [6.45, 7) is -1.57. The fourth-order valence-electron chi connectivity index (χ4n) is 3.44. The Morgan fingerprint density at radius 2 is 2.08 bits per heavy atom. The van der Waals surface area contributed by atoms with Crippen LogP contribution in [0, 0.1) is 0 Å². The van der Waals surface area contributed by atoms with E-state index in [1.54, 1.807) is 4.90 Å². The molecule has 1 aromatic rings. The summed E-state index contributed by atoms with van der Waals surface area (Å²) in [4.78, 5) is 14.6. The van der Waals surface area contributed by atoms with Gasteiger partial charge in [0, 0.05) is 6.42 Å². The van der Waals surface area contributed by atoms with Gasteiger partial charge < -0.3 is 30.7 Å². The zero-order chi connectivity index (χ0) is 19.2. The molecular weight excluding hydrogens is 338 g/mol. The molecule has 0 saturated carbocycles. The average Bonchev–Trinajstić information content (AvgIpc) is 3.19. The van der Waals surface area contributed by atoms with Gasteiger partial charge in [-0.15, -0.1) is 0 Å². The van der Waals surface area contributed by atoms with Gasteiger partial charge in [0.05, 0.1) is 7.95 Å². The van der Waals surface area contributed by atoms with Crippen molar-refractivity contribution in [1.82, 2.24) is 4.90 Å². The van der Waals surface area contributed by atoms with Gasteiger partial charge in [0.15, 0.2) is 17.7 Å². The Bertz CT molecular complexity index is 802. The zero-order valence-corrected chi connectivity index (χ0v) is 13.9. The van der Waals surface area contributed by atoms with Crippen molar-refractivity contribution in [3.63, 3.8) is 0 Å². The second-order valence-electron chi connectivity index (χ2n) is 6.52. The Balaban J connectivity index is 1.56. The van der Waals surface area contributed by atoms with Crippen LogP contribution in [-0.2, 0) is 11.2 Å². The van der Waals surface area contributed by atoms with E-state index in [0.29, 0.717) is 18.0 Å². The maximum atomic E-state index is 10.3. The Morgan fingerprint density at radius 1 is 1.31 bits per heavy atom. The third kappa shape index (κ3) is 2.74. The molecule has 3 heterocycles. The molecule has 0 aromatic heterocycles. The van der Waals surface area contributed by atoms with Crippen LogP contribution in [0.3, 0.4) is 0 Å². The number of benzene rings is 1. The quantitative estimate of drug-likeness (QED) is 0.515. The number of fused-ring (bicyclic) bond motifs is 1. The van der Waals surface area contributed by atoms with Gasteiger partial charge in [0.1, 0.15) is 37.0 Å². The van der Waals surface area contributed by atoms with Crippen LogP contribution in [0.2, 0.25) is 0 Å². The second-order valence-corrected chi connectivity index (χ2v) is 6.52. The number of hydrogen-bond acceptors (Lipinski definition) is 9. The molecule has 9 heteroatoms. The van der Waals surface area contributed by atoms with Crippen LogP contribution in [0.25, 0.3) is 0 Å². The highest BCUT2D eigenvalue weighted by molar-refractivity contribution is 6.47. The topological polar surface area (TPSA) is 136 Å². The first-order chi connectivity index (χ1) is 12.9. The van der Waals surface area contributed by atoms with Crippen molar-refractivity contribution in [1.29, 1.82) is 0 Å². The predicted molar refractivity (Wildman–Crippen MR) is 94.9 cm³/mol. The number of aliphatic hydroxyl groups excluding tert-OH is 3. The van der Waals surface area contributed by atoms with Crippen LogP contribution < -0.4 is 5.73 Å². The van der Waals surface area contributed by atoms with E-state index in [2.05, 4.69) is 15.0 Å². The molecule has 0 aliphatic carbocycles. The van der Waals surface area contributed by atoms with Crippen molar-refractivity contribution in [2.75, 3.05) is 13.3 Å². The number of aliphatic hydroxyl groups is 3. The number of rotatable bonds is 4. The third-order valence-corrected chi connectivity index (χ3v) is 4.79. The van der Waals surface area contributed by atoms with E-state index in [0.717, 1.165) is 5.56 Å². The van der Waals surface area contributed by atoms with Gasteiger partial charge in [-0.1, -0.05) is 30.3 Å². The number of nitrogens with zero attached hydrogens (tertiary/aromatic N) is 4. The Hall–Kier alpha value is -2.17. The summed E-state index contributed by atoms with van der Waals surface area (Å²) in [5, 5.41) is 29.8. The van der Waals surface area contributed by atoms with Crippen LogP contribution in [-0.4, -0.2) is 81.6 Å².